The average molecular weight is 296 g/mol. The molecule has 6 heteroatoms. The summed E-state index contributed by atoms with van der Waals surface area (Å²) in [6.07, 6.45) is 0.438. The number of nitrogens with zero attached hydrogens (tertiary/aromatic N) is 1. The molecule has 0 bridgehead atoms. The quantitative estimate of drug-likeness (QED) is 0.892. The Labute approximate surface area is 119 Å². The molecule has 0 saturated carbocycles. The molecule has 1 amide bonds. The molecule has 1 fully saturated rings. The molecule has 0 aromatic heterocycles. The number of hydrogen-bond donors (Lipinski definition) is 1. The van der Waals surface area contributed by atoms with Crippen molar-refractivity contribution in [3.63, 3.8) is 0 Å². The first-order chi connectivity index (χ1) is 9.37. The Kier molecular flexibility index (Phi) is 4.32. The summed E-state index contributed by atoms with van der Waals surface area (Å²) in [5.41, 5.74) is 2.10. The van der Waals surface area contributed by atoms with E-state index in [1.165, 1.54) is 0 Å². The Bertz CT molecular complexity index is 579. The number of amides is 1. The van der Waals surface area contributed by atoms with Crippen LogP contribution in [-0.4, -0.2) is 39.9 Å². The summed E-state index contributed by atoms with van der Waals surface area (Å²) in [6, 6.07) is 7.89. The van der Waals surface area contributed by atoms with Crippen molar-refractivity contribution in [2.45, 2.75) is 13.0 Å². The molecular formula is C14H20N2O3S. The van der Waals surface area contributed by atoms with E-state index in [0.29, 0.717) is 13.0 Å². The molecule has 0 spiro atoms. The van der Waals surface area contributed by atoms with Gasteiger partial charge >= 0.3 is 0 Å². The van der Waals surface area contributed by atoms with Gasteiger partial charge in [0, 0.05) is 26.3 Å². The lowest BCUT2D eigenvalue weighted by molar-refractivity contribution is -0.124. The molecule has 2 rings (SSSR count). The van der Waals surface area contributed by atoms with Gasteiger partial charge in [-0.3, -0.25) is 4.79 Å². The molecule has 1 heterocycles. The number of carbonyl (C=O) groups excluding carboxylic acids is 1. The monoisotopic (exact) mass is 296 g/mol. The highest BCUT2D eigenvalue weighted by Crippen LogP contribution is 2.18. The molecule has 20 heavy (non-hydrogen) atoms. The van der Waals surface area contributed by atoms with E-state index < -0.39 is 9.84 Å². The fourth-order valence-corrected chi connectivity index (χ4v) is 3.99. The van der Waals surface area contributed by atoms with Crippen molar-refractivity contribution in [2.75, 3.05) is 30.5 Å². The molecule has 110 valence electrons. The smallest absolute Gasteiger partial charge is 0.224 e. The molecule has 1 atom stereocenters. The van der Waals surface area contributed by atoms with E-state index in [0.717, 1.165) is 11.3 Å². The van der Waals surface area contributed by atoms with Gasteiger partial charge in [-0.2, -0.15) is 0 Å². The SMILES string of the molecule is CN(C)c1ccc(CNC(=O)C2CCS(=O)(=O)C2)cc1. The van der Waals surface area contributed by atoms with E-state index >= 15 is 0 Å². The van der Waals surface area contributed by atoms with Crippen LogP contribution in [0.2, 0.25) is 0 Å². The lowest BCUT2D eigenvalue weighted by Gasteiger charge is -2.13. The first kappa shape index (κ1) is 14.8. The van der Waals surface area contributed by atoms with Crippen molar-refractivity contribution in [1.29, 1.82) is 0 Å². The van der Waals surface area contributed by atoms with E-state index in [9.17, 15) is 13.2 Å². The molecule has 1 unspecified atom stereocenters. The van der Waals surface area contributed by atoms with Crippen LogP contribution in [0.15, 0.2) is 24.3 Å². The zero-order valence-corrected chi connectivity index (χ0v) is 12.6. The summed E-state index contributed by atoms with van der Waals surface area (Å²) in [6.45, 7) is 0.434. The molecule has 1 saturated heterocycles. The van der Waals surface area contributed by atoms with Gasteiger partial charge in [0.2, 0.25) is 5.91 Å². The maximum atomic E-state index is 11.9. The van der Waals surface area contributed by atoms with E-state index in [-0.39, 0.29) is 23.3 Å². The summed E-state index contributed by atoms with van der Waals surface area (Å²) < 4.78 is 22.7. The molecule has 1 aromatic carbocycles. The van der Waals surface area contributed by atoms with Crippen LogP contribution < -0.4 is 10.2 Å². The Morgan fingerprint density at radius 1 is 1.30 bits per heavy atom. The average Bonchev–Trinajstić information content (AvgIpc) is 2.77. The number of nitrogens with one attached hydrogen (secondary N) is 1. The summed E-state index contributed by atoms with van der Waals surface area (Å²) in [5, 5.41) is 2.81. The molecule has 0 aliphatic carbocycles. The predicted octanol–water partition coefficient (Wildman–Crippen LogP) is 0.803. The topological polar surface area (TPSA) is 66.5 Å². The number of sulfone groups is 1. The lowest BCUT2D eigenvalue weighted by atomic mass is 10.1. The summed E-state index contributed by atoms with van der Waals surface area (Å²) >= 11 is 0. The second-order valence-corrected chi connectivity index (χ2v) is 7.61. The van der Waals surface area contributed by atoms with Crippen molar-refractivity contribution in [3.05, 3.63) is 29.8 Å². The van der Waals surface area contributed by atoms with Gasteiger partial charge < -0.3 is 10.2 Å². The van der Waals surface area contributed by atoms with Crippen molar-refractivity contribution >= 4 is 21.4 Å². The van der Waals surface area contributed by atoms with Crippen LogP contribution in [-0.2, 0) is 21.2 Å². The third-order valence-corrected chi connectivity index (χ3v) is 5.29. The molecule has 1 aromatic rings. The first-order valence-corrected chi connectivity index (χ1v) is 8.44. The third kappa shape index (κ3) is 3.72. The van der Waals surface area contributed by atoms with E-state index in [1.807, 2.05) is 43.3 Å². The lowest BCUT2D eigenvalue weighted by Crippen LogP contribution is -2.30. The van der Waals surface area contributed by atoms with Crippen molar-refractivity contribution in [1.82, 2.24) is 5.32 Å². The summed E-state index contributed by atoms with van der Waals surface area (Å²) in [7, 11) is 0.934. The fourth-order valence-electron chi connectivity index (χ4n) is 2.25. The highest BCUT2D eigenvalue weighted by molar-refractivity contribution is 7.91. The first-order valence-electron chi connectivity index (χ1n) is 6.62. The van der Waals surface area contributed by atoms with Crippen LogP contribution in [0.3, 0.4) is 0 Å². The predicted molar refractivity (Wildman–Crippen MR) is 79.4 cm³/mol. The van der Waals surface area contributed by atoms with Crippen LogP contribution in [0.5, 0.6) is 0 Å². The van der Waals surface area contributed by atoms with Crippen molar-refractivity contribution in [3.8, 4) is 0 Å². The second-order valence-electron chi connectivity index (χ2n) is 5.38. The number of anilines is 1. The normalized spacial score (nSPS) is 20.6. The standard InChI is InChI=1S/C14H20N2O3S/c1-16(2)13-5-3-11(4-6-13)9-15-14(17)12-7-8-20(18,19)10-12/h3-6,12H,7-10H2,1-2H3,(H,15,17). The van der Waals surface area contributed by atoms with Crippen LogP contribution in [0.25, 0.3) is 0 Å². The summed E-state index contributed by atoms with van der Waals surface area (Å²) in [5.74, 6) is -0.440. The van der Waals surface area contributed by atoms with Crippen LogP contribution in [0.1, 0.15) is 12.0 Å². The van der Waals surface area contributed by atoms with Crippen LogP contribution >= 0.6 is 0 Å². The number of rotatable bonds is 4. The van der Waals surface area contributed by atoms with Gasteiger partial charge in [-0.15, -0.1) is 0 Å². The highest BCUT2D eigenvalue weighted by Gasteiger charge is 2.32. The fraction of sp³-hybridized carbons (Fsp3) is 0.500. The van der Waals surface area contributed by atoms with E-state index in [2.05, 4.69) is 5.32 Å². The van der Waals surface area contributed by atoms with Crippen molar-refractivity contribution in [2.24, 2.45) is 5.92 Å². The van der Waals surface area contributed by atoms with E-state index in [4.69, 9.17) is 0 Å². The van der Waals surface area contributed by atoms with Crippen LogP contribution in [0.4, 0.5) is 5.69 Å². The molecular weight excluding hydrogens is 276 g/mol. The third-order valence-electron chi connectivity index (χ3n) is 3.52. The number of hydrogen-bond acceptors (Lipinski definition) is 4. The molecule has 1 aliphatic heterocycles. The zero-order valence-electron chi connectivity index (χ0n) is 11.8. The Balaban J connectivity index is 1.87. The van der Waals surface area contributed by atoms with Gasteiger partial charge in [0.25, 0.3) is 0 Å². The second kappa shape index (κ2) is 5.83. The Morgan fingerprint density at radius 3 is 2.45 bits per heavy atom. The number of benzene rings is 1. The van der Waals surface area contributed by atoms with Gasteiger partial charge in [0.1, 0.15) is 0 Å². The van der Waals surface area contributed by atoms with Crippen molar-refractivity contribution < 1.29 is 13.2 Å². The Morgan fingerprint density at radius 2 is 1.95 bits per heavy atom. The highest BCUT2D eigenvalue weighted by atomic mass is 32.2. The molecule has 1 N–H and O–H groups in total. The molecule has 5 nitrogen and oxygen atoms in total. The molecule has 0 radical (unpaired) electrons. The molecule has 1 aliphatic rings. The Hall–Kier alpha value is -1.56. The van der Waals surface area contributed by atoms with Gasteiger partial charge in [0.05, 0.1) is 17.4 Å². The largest absolute Gasteiger partial charge is 0.378 e. The minimum absolute atomic E-state index is 0.0155. The summed E-state index contributed by atoms with van der Waals surface area (Å²) in [4.78, 5) is 13.9. The maximum Gasteiger partial charge on any atom is 0.224 e. The van der Waals surface area contributed by atoms with Gasteiger partial charge in [0.15, 0.2) is 9.84 Å². The van der Waals surface area contributed by atoms with Gasteiger partial charge in [-0.25, -0.2) is 8.42 Å². The van der Waals surface area contributed by atoms with E-state index in [1.54, 1.807) is 0 Å². The minimum Gasteiger partial charge on any atom is -0.378 e. The maximum absolute atomic E-state index is 11.9. The zero-order chi connectivity index (χ0) is 14.8. The number of carbonyl (C=O) groups is 1. The minimum atomic E-state index is -3.00. The van der Waals surface area contributed by atoms with Crippen LogP contribution in [0, 0.1) is 5.92 Å². The van der Waals surface area contributed by atoms with Gasteiger partial charge in [-0.1, -0.05) is 12.1 Å². The van der Waals surface area contributed by atoms with Gasteiger partial charge in [-0.05, 0) is 24.1 Å².